The minimum absolute atomic E-state index is 0.244. The molecule has 122 valence electrons. The highest BCUT2D eigenvalue weighted by molar-refractivity contribution is 8.18. The molecular formula is C19H14N4OS. The van der Waals surface area contributed by atoms with Gasteiger partial charge in [0.1, 0.15) is 5.82 Å². The number of aromatic nitrogens is 2. The number of carbonyl (C=O) groups is 1. The number of anilines is 1. The molecule has 0 radical (unpaired) electrons. The molecule has 1 aromatic carbocycles. The number of thioether (sulfide) groups is 1. The maximum absolute atomic E-state index is 12.2. The highest BCUT2D eigenvalue weighted by Gasteiger charge is 2.22. The van der Waals surface area contributed by atoms with Crippen LogP contribution in [0.3, 0.4) is 0 Å². The monoisotopic (exact) mass is 346 g/mol. The number of rotatable bonds is 2. The van der Waals surface area contributed by atoms with Crippen molar-refractivity contribution in [2.75, 3.05) is 5.32 Å². The minimum Gasteiger partial charge on any atom is -0.319 e. The Morgan fingerprint density at radius 1 is 1.08 bits per heavy atom. The molecule has 0 aliphatic carbocycles. The lowest BCUT2D eigenvalue weighted by atomic mass is 10.1. The van der Waals surface area contributed by atoms with Crippen molar-refractivity contribution in [2.45, 2.75) is 6.92 Å². The van der Waals surface area contributed by atoms with Crippen LogP contribution in [-0.2, 0) is 4.79 Å². The molecule has 0 bridgehead atoms. The van der Waals surface area contributed by atoms with Gasteiger partial charge in [-0.25, -0.2) is 4.98 Å². The Bertz CT molecular complexity index is 1040. The average molecular weight is 346 g/mol. The molecule has 1 amide bonds. The predicted octanol–water partition coefficient (Wildman–Crippen LogP) is 4.02. The number of aryl methyl sites for hydroxylation is 1. The summed E-state index contributed by atoms with van der Waals surface area (Å²) >= 11 is 1.31. The molecule has 6 heteroatoms. The lowest BCUT2D eigenvalue weighted by molar-refractivity contribution is -0.113. The fraction of sp³-hybridized carbons (Fsp3) is 0.0526. The first-order valence-electron chi connectivity index (χ1n) is 7.74. The van der Waals surface area contributed by atoms with E-state index in [1.807, 2.05) is 55.5 Å². The van der Waals surface area contributed by atoms with Gasteiger partial charge in [-0.2, -0.15) is 4.99 Å². The fourth-order valence-electron chi connectivity index (χ4n) is 2.51. The Labute approximate surface area is 148 Å². The molecule has 4 rings (SSSR count). The Morgan fingerprint density at radius 3 is 2.88 bits per heavy atom. The molecule has 0 unspecified atom stereocenters. The van der Waals surface area contributed by atoms with Gasteiger partial charge in [0.2, 0.25) is 0 Å². The molecule has 0 atom stereocenters. The number of benzene rings is 1. The summed E-state index contributed by atoms with van der Waals surface area (Å²) in [7, 11) is 0. The number of pyridine rings is 2. The van der Waals surface area contributed by atoms with E-state index in [1.165, 1.54) is 11.8 Å². The van der Waals surface area contributed by atoms with Crippen molar-refractivity contribution in [3.8, 4) is 0 Å². The third-order valence-corrected chi connectivity index (χ3v) is 4.59. The quantitative estimate of drug-likeness (QED) is 0.710. The van der Waals surface area contributed by atoms with Crippen LogP contribution in [0.15, 0.2) is 64.8 Å². The zero-order valence-corrected chi connectivity index (χ0v) is 14.2. The van der Waals surface area contributed by atoms with Crippen molar-refractivity contribution in [1.82, 2.24) is 9.97 Å². The molecule has 25 heavy (non-hydrogen) atoms. The first-order chi connectivity index (χ1) is 12.2. The molecule has 0 saturated heterocycles. The lowest BCUT2D eigenvalue weighted by Crippen LogP contribution is -2.06. The Kier molecular flexibility index (Phi) is 4.03. The third kappa shape index (κ3) is 3.44. The summed E-state index contributed by atoms with van der Waals surface area (Å²) in [4.78, 5) is 25.3. The van der Waals surface area contributed by atoms with Crippen molar-refractivity contribution in [1.29, 1.82) is 0 Å². The number of hydrogen-bond donors (Lipinski definition) is 1. The van der Waals surface area contributed by atoms with Crippen molar-refractivity contribution >= 4 is 45.6 Å². The Morgan fingerprint density at radius 2 is 2.00 bits per heavy atom. The van der Waals surface area contributed by atoms with E-state index in [4.69, 9.17) is 0 Å². The number of nitrogens with zero attached hydrogens (tertiary/aromatic N) is 3. The van der Waals surface area contributed by atoms with E-state index in [-0.39, 0.29) is 5.91 Å². The van der Waals surface area contributed by atoms with Gasteiger partial charge < -0.3 is 5.32 Å². The van der Waals surface area contributed by atoms with E-state index in [0.717, 1.165) is 22.0 Å². The van der Waals surface area contributed by atoms with Crippen LogP contribution in [0, 0.1) is 6.92 Å². The largest absolute Gasteiger partial charge is 0.319 e. The molecule has 1 aliphatic heterocycles. The highest BCUT2D eigenvalue weighted by Crippen LogP contribution is 2.29. The number of amides is 1. The SMILES string of the molecule is Cc1ccnc(NC2=NC(=O)/C(=C/c3ccc4ncccc4c3)S2)c1. The van der Waals surface area contributed by atoms with Gasteiger partial charge in [0.25, 0.3) is 5.91 Å². The topological polar surface area (TPSA) is 67.2 Å². The van der Waals surface area contributed by atoms with Gasteiger partial charge in [0.05, 0.1) is 10.4 Å². The van der Waals surface area contributed by atoms with Gasteiger partial charge >= 0.3 is 0 Å². The van der Waals surface area contributed by atoms with Crippen LogP contribution in [0.1, 0.15) is 11.1 Å². The number of carbonyl (C=O) groups excluding carboxylic acids is 1. The second-order valence-electron chi connectivity index (χ2n) is 5.63. The maximum Gasteiger partial charge on any atom is 0.286 e. The van der Waals surface area contributed by atoms with Crippen LogP contribution < -0.4 is 5.32 Å². The number of nitrogens with one attached hydrogen (secondary N) is 1. The van der Waals surface area contributed by atoms with Gasteiger partial charge in [-0.15, -0.1) is 0 Å². The van der Waals surface area contributed by atoms with Gasteiger partial charge in [-0.05, 0) is 66.2 Å². The molecule has 1 aliphatic rings. The zero-order valence-electron chi connectivity index (χ0n) is 13.4. The van der Waals surface area contributed by atoms with Crippen molar-refractivity contribution in [3.63, 3.8) is 0 Å². The number of fused-ring (bicyclic) bond motifs is 1. The molecule has 1 N–H and O–H groups in total. The van der Waals surface area contributed by atoms with Crippen LogP contribution in [0.2, 0.25) is 0 Å². The van der Waals surface area contributed by atoms with E-state index in [2.05, 4.69) is 20.3 Å². The number of amidine groups is 1. The summed E-state index contributed by atoms with van der Waals surface area (Å²) in [6.07, 6.45) is 5.34. The molecule has 5 nitrogen and oxygen atoms in total. The second-order valence-corrected chi connectivity index (χ2v) is 6.66. The van der Waals surface area contributed by atoms with E-state index < -0.39 is 0 Å². The van der Waals surface area contributed by atoms with Crippen LogP contribution in [0.25, 0.3) is 17.0 Å². The first kappa shape index (κ1) is 15.5. The first-order valence-corrected chi connectivity index (χ1v) is 8.56. The third-order valence-electron chi connectivity index (χ3n) is 3.70. The van der Waals surface area contributed by atoms with E-state index in [1.54, 1.807) is 12.4 Å². The molecule has 3 aromatic rings. The summed E-state index contributed by atoms with van der Waals surface area (Å²) in [5.41, 5.74) is 2.97. The van der Waals surface area contributed by atoms with Crippen LogP contribution in [-0.4, -0.2) is 21.0 Å². The minimum atomic E-state index is -0.244. The normalized spacial score (nSPS) is 15.6. The van der Waals surface area contributed by atoms with Gasteiger partial charge in [0.15, 0.2) is 5.17 Å². The number of hydrogen-bond acceptors (Lipinski definition) is 5. The maximum atomic E-state index is 12.2. The summed E-state index contributed by atoms with van der Waals surface area (Å²) < 4.78 is 0. The van der Waals surface area contributed by atoms with Gasteiger partial charge in [0, 0.05) is 17.8 Å². The molecule has 0 saturated carbocycles. The highest BCUT2D eigenvalue weighted by atomic mass is 32.2. The lowest BCUT2D eigenvalue weighted by Gasteiger charge is -2.04. The number of aliphatic imine (C=N–C) groups is 1. The van der Waals surface area contributed by atoms with E-state index >= 15 is 0 Å². The second kappa shape index (κ2) is 6.49. The summed E-state index contributed by atoms with van der Waals surface area (Å²) in [6, 6.07) is 13.6. The summed E-state index contributed by atoms with van der Waals surface area (Å²) in [5, 5.41) is 4.66. The Balaban J connectivity index is 1.55. The molecular weight excluding hydrogens is 332 g/mol. The molecule has 3 heterocycles. The van der Waals surface area contributed by atoms with E-state index in [9.17, 15) is 4.79 Å². The zero-order chi connectivity index (χ0) is 17.2. The summed E-state index contributed by atoms with van der Waals surface area (Å²) in [5.74, 6) is 0.434. The van der Waals surface area contributed by atoms with Crippen LogP contribution >= 0.6 is 11.8 Å². The van der Waals surface area contributed by atoms with Gasteiger partial charge in [-0.1, -0.05) is 12.1 Å². The van der Waals surface area contributed by atoms with E-state index in [0.29, 0.717) is 15.9 Å². The van der Waals surface area contributed by atoms with Crippen molar-refractivity contribution in [3.05, 3.63) is 70.9 Å². The Hall–Kier alpha value is -2.99. The average Bonchev–Trinajstić information content (AvgIpc) is 2.94. The van der Waals surface area contributed by atoms with Crippen LogP contribution in [0.5, 0.6) is 0 Å². The standard InChI is InChI=1S/C19H14N4OS/c1-12-6-8-21-17(9-12)22-19-23-18(24)16(25-19)11-13-4-5-15-14(10-13)3-2-7-20-15/h2-11H,1H3,(H,21,22,23,24)/b16-11-. The molecule has 2 aromatic heterocycles. The predicted molar refractivity (Wildman–Crippen MR) is 102 cm³/mol. The van der Waals surface area contributed by atoms with Crippen molar-refractivity contribution < 1.29 is 4.79 Å². The fourth-order valence-corrected chi connectivity index (χ4v) is 3.33. The van der Waals surface area contributed by atoms with Gasteiger partial charge in [-0.3, -0.25) is 9.78 Å². The molecule has 0 spiro atoms. The van der Waals surface area contributed by atoms with Crippen LogP contribution in [0.4, 0.5) is 5.82 Å². The van der Waals surface area contributed by atoms with Crippen molar-refractivity contribution in [2.24, 2.45) is 4.99 Å². The smallest absolute Gasteiger partial charge is 0.286 e. The molecule has 0 fully saturated rings. The summed E-state index contributed by atoms with van der Waals surface area (Å²) in [6.45, 7) is 1.99.